The van der Waals surface area contributed by atoms with Crippen molar-refractivity contribution in [3.63, 3.8) is 0 Å². The molecule has 0 aromatic carbocycles. The van der Waals surface area contributed by atoms with Crippen molar-refractivity contribution in [2.24, 2.45) is 0 Å². The average molecular weight is 273 g/mol. The molecular weight excluding hydrogens is 236 g/mol. The van der Waals surface area contributed by atoms with Crippen LogP contribution in [0.4, 0.5) is 0 Å². The molecule has 0 nitrogen and oxygen atoms in total. The van der Waals surface area contributed by atoms with Crippen LogP contribution in [0.15, 0.2) is 0 Å². The van der Waals surface area contributed by atoms with Gasteiger partial charge in [0.2, 0.25) is 0 Å². The van der Waals surface area contributed by atoms with Crippen LogP contribution in [0.1, 0.15) is 54.9 Å². The summed E-state index contributed by atoms with van der Waals surface area (Å²) >= 11 is 0. The van der Waals surface area contributed by atoms with Gasteiger partial charge in [-0.15, -0.1) is 0 Å². The maximum Gasteiger partial charge on any atom is 0.0532 e. The summed E-state index contributed by atoms with van der Waals surface area (Å²) < 4.78 is 0. The van der Waals surface area contributed by atoms with E-state index in [2.05, 4.69) is 48.5 Å². The Morgan fingerprint density at radius 3 is 0.882 bits per heavy atom. The summed E-state index contributed by atoms with van der Waals surface area (Å²) in [5.74, 6) is 0. The van der Waals surface area contributed by atoms with E-state index in [0.29, 0.717) is 0 Å². The molecule has 0 aliphatic carbocycles. The van der Waals surface area contributed by atoms with E-state index in [-0.39, 0.29) is 0 Å². The fourth-order valence-electron chi connectivity index (χ4n) is 4.49. The van der Waals surface area contributed by atoms with Crippen molar-refractivity contribution < 1.29 is 0 Å². The Kier molecular flexibility index (Phi) is 7.98. The predicted molar refractivity (Wildman–Crippen MR) is 88.4 cm³/mol. The zero-order valence-electron chi connectivity index (χ0n) is 13.5. The van der Waals surface area contributed by atoms with E-state index in [1.54, 1.807) is 0 Å². The first kappa shape index (κ1) is 17.4. The predicted octanol–water partition coefficient (Wildman–Crippen LogP) is 6.32. The second kappa shape index (κ2) is 7.78. The third-order valence-corrected chi connectivity index (χ3v) is 22.0. The molecule has 0 amide bonds. The van der Waals surface area contributed by atoms with Gasteiger partial charge in [-0.25, -0.2) is 0 Å². The van der Waals surface area contributed by atoms with E-state index >= 15 is 0 Å². The molecular formula is C15H36Si2. The zero-order valence-corrected chi connectivity index (χ0v) is 15.5. The molecule has 0 spiro atoms. The molecule has 0 fully saturated rings. The Balaban J connectivity index is 5.39. The highest BCUT2D eigenvalue weighted by atomic mass is 28.4. The van der Waals surface area contributed by atoms with Crippen LogP contribution >= 0.6 is 0 Å². The molecule has 17 heavy (non-hydrogen) atoms. The molecule has 0 unspecified atom stereocenters. The minimum absolute atomic E-state index is 0.983. The van der Waals surface area contributed by atoms with Crippen molar-refractivity contribution in [2.75, 3.05) is 0 Å². The second-order valence-corrected chi connectivity index (χ2v) is 17.5. The first-order chi connectivity index (χ1) is 8.06. The lowest BCUT2D eigenvalue weighted by atomic mass is 10.6. The SMILES string of the molecule is CCC([Si](CC)(CC)CC)[Si](CC)(CC)CC. The van der Waals surface area contributed by atoms with Crippen molar-refractivity contribution in [1.82, 2.24) is 0 Å². The van der Waals surface area contributed by atoms with Gasteiger partial charge >= 0.3 is 0 Å². The molecule has 0 bridgehead atoms. The minimum atomic E-state index is -0.983. The van der Waals surface area contributed by atoms with Gasteiger partial charge < -0.3 is 0 Å². The Morgan fingerprint density at radius 2 is 0.765 bits per heavy atom. The standard InChI is InChI=1S/C15H36Si2/c1-8-15(16(9-2,10-3)11-4)17(12-5,13-6)14-7/h15H,8-14H2,1-7H3. The van der Waals surface area contributed by atoms with Crippen molar-refractivity contribution >= 4 is 16.1 Å². The van der Waals surface area contributed by atoms with Gasteiger partial charge in [0, 0.05) is 0 Å². The molecule has 0 aliphatic heterocycles. The molecule has 0 radical (unpaired) electrons. The monoisotopic (exact) mass is 272 g/mol. The largest absolute Gasteiger partial charge is 0.0678 e. The lowest BCUT2D eigenvalue weighted by molar-refractivity contribution is 0.874. The molecule has 0 heterocycles. The molecule has 0 aromatic heterocycles. The molecule has 0 saturated carbocycles. The number of hydrogen-bond acceptors (Lipinski definition) is 0. The fourth-order valence-corrected chi connectivity index (χ4v) is 21.1. The lowest BCUT2D eigenvalue weighted by Crippen LogP contribution is -2.52. The molecule has 0 aliphatic rings. The van der Waals surface area contributed by atoms with Gasteiger partial charge in [0.1, 0.15) is 0 Å². The van der Waals surface area contributed by atoms with Crippen molar-refractivity contribution in [3.05, 3.63) is 0 Å². The van der Waals surface area contributed by atoms with Crippen LogP contribution in [0, 0.1) is 0 Å². The Bertz CT molecular complexity index is 157. The van der Waals surface area contributed by atoms with Gasteiger partial charge in [-0.1, -0.05) is 91.2 Å². The first-order valence-electron chi connectivity index (χ1n) is 8.06. The van der Waals surface area contributed by atoms with Gasteiger partial charge in [0.05, 0.1) is 16.1 Å². The summed E-state index contributed by atoms with van der Waals surface area (Å²) in [4.78, 5) is 0. The topological polar surface area (TPSA) is 0 Å². The molecule has 2 heteroatoms. The Hall–Kier alpha value is 0.434. The van der Waals surface area contributed by atoms with Crippen LogP contribution in [0.2, 0.25) is 41.4 Å². The van der Waals surface area contributed by atoms with E-state index < -0.39 is 16.1 Å². The minimum Gasteiger partial charge on any atom is -0.0678 e. The average Bonchev–Trinajstić information content (AvgIpc) is 2.40. The Labute approximate surface area is 113 Å². The maximum atomic E-state index is 2.49. The molecule has 104 valence electrons. The van der Waals surface area contributed by atoms with E-state index in [0.717, 1.165) is 0 Å². The first-order valence-corrected chi connectivity index (χ1v) is 13.5. The van der Waals surface area contributed by atoms with Gasteiger partial charge in [-0.3, -0.25) is 0 Å². The van der Waals surface area contributed by atoms with E-state index in [9.17, 15) is 0 Å². The summed E-state index contributed by atoms with van der Waals surface area (Å²) in [6, 6.07) is 9.13. The molecule has 0 atom stereocenters. The van der Waals surface area contributed by atoms with Crippen LogP contribution in [0.25, 0.3) is 0 Å². The third kappa shape index (κ3) is 3.25. The van der Waals surface area contributed by atoms with Crippen LogP contribution in [0.3, 0.4) is 0 Å². The summed E-state index contributed by atoms with van der Waals surface area (Å²) in [5.41, 5.74) is 0. The summed E-state index contributed by atoms with van der Waals surface area (Å²) in [5, 5.41) is 1.18. The molecule has 0 N–H and O–H groups in total. The van der Waals surface area contributed by atoms with Crippen LogP contribution < -0.4 is 0 Å². The number of hydrogen-bond donors (Lipinski definition) is 0. The van der Waals surface area contributed by atoms with Crippen molar-refractivity contribution in [1.29, 1.82) is 0 Å². The van der Waals surface area contributed by atoms with Crippen molar-refractivity contribution in [2.45, 2.75) is 96.3 Å². The lowest BCUT2D eigenvalue weighted by Gasteiger charge is -2.48. The normalized spacial score (nSPS) is 13.4. The summed E-state index contributed by atoms with van der Waals surface area (Å²) in [6.07, 6.45) is 1.48. The zero-order chi connectivity index (χ0) is 13.5. The van der Waals surface area contributed by atoms with Crippen LogP contribution in [0.5, 0.6) is 0 Å². The third-order valence-electron chi connectivity index (χ3n) is 6.11. The second-order valence-electron chi connectivity index (χ2n) is 5.81. The highest BCUT2D eigenvalue weighted by Gasteiger charge is 2.46. The molecule has 0 aromatic rings. The summed E-state index contributed by atoms with van der Waals surface area (Å²) in [7, 11) is -1.97. The van der Waals surface area contributed by atoms with Gasteiger partial charge in [-0.2, -0.15) is 0 Å². The highest BCUT2D eigenvalue weighted by molar-refractivity contribution is 6.99. The highest BCUT2D eigenvalue weighted by Crippen LogP contribution is 2.46. The molecule has 0 rings (SSSR count). The molecule has 0 saturated heterocycles. The summed E-state index contributed by atoms with van der Waals surface area (Å²) in [6.45, 7) is 17.4. The van der Waals surface area contributed by atoms with Gasteiger partial charge in [0.25, 0.3) is 0 Å². The fraction of sp³-hybridized carbons (Fsp3) is 1.00. The van der Waals surface area contributed by atoms with Crippen LogP contribution in [-0.2, 0) is 0 Å². The van der Waals surface area contributed by atoms with E-state index in [1.165, 1.54) is 47.8 Å². The van der Waals surface area contributed by atoms with E-state index in [1.807, 2.05) is 0 Å². The maximum absolute atomic E-state index is 2.49. The quantitative estimate of drug-likeness (QED) is 0.431. The smallest absolute Gasteiger partial charge is 0.0532 e. The van der Waals surface area contributed by atoms with E-state index in [4.69, 9.17) is 0 Å². The Morgan fingerprint density at radius 1 is 0.529 bits per heavy atom. The number of rotatable bonds is 9. The van der Waals surface area contributed by atoms with Crippen LogP contribution in [-0.4, -0.2) is 16.1 Å². The van der Waals surface area contributed by atoms with Gasteiger partial charge in [-0.05, 0) is 5.16 Å². The van der Waals surface area contributed by atoms with Crippen molar-refractivity contribution in [3.8, 4) is 0 Å². The van der Waals surface area contributed by atoms with Gasteiger partial charge in [0.15, 0.2) is 0 Å².